The van der Waals surface area contributed by atoms with Crippen molar-refractivity contribution in [1.82, 2.24) is 10.3 Å². The molecule has 0 saturated carbocycles. The van der Waals surface area contributed by atoms with Gasteiger partial charge in [0.2, 0.25) is 5.88 Å². The van der Waals surface area contributed by atoms with Gasteiger partial charge in [0.15, 0.2) is 0 Å². The van der Waals surface area contributed by atoms with Crippen molar-refractivity contribution >= 4 is 50.9 Å². The maximum atomic E-state index is 12.2. The minimum Gasteiger partial charge on any atom is -0.507 e. The van der Waals surface area contributed by atoms with E-state index < -0.39 is 12.0 Å². The highest BCUT2D eigenvalue weighted by molar-refractivity contribution is 6.36. The number of halogens is 2. The number of rotatable bonds is 9. The Kier molecular flexibility index (Phi) is 7.63. The number of ether oxygens (including phenoxy) is 1. The van der Waals surface area contributed by atoms with E-state index in [4.69, 9.17) is 38.1 Å². The number of pyridine rings is 1. The number of carbonyl (C=O) groups is 1. The molecular weight excluding hydrogens is 541 g/mol. The average Bonchev–Trinajstić information content (AvgIpc) is 3.38. The first-order valence-corrected chi connectivity index (χ1v) is 12.9. The summed E-state index contributed by atoms with van der Waals surface area (Å²) < 4.78 is 11.7. The van der Waals surface area contributed by atoms with E-state index in [-0.39, 0.29) is 17.9 Å². The Morgan fingerprint density at radius 1 is 1.15 bits per heavy atom. The zero-order valence-electron chi connectivity index (χ0n) is 20.9. The molecule has 0 fully saturated rings. The molecule has 0 saturated heterocycles. The van der Waals surface area contributed by atoms with E-state index in [1.807, 2.05) is 6.92 Å². The number of fused-ring (bicyclic) bond motifs is 3. The number of furan rings is 1. The number of benzene rings is 3. The second-order valence-corrected chi connectivity index (χ2v) is 9.86. The molecule has 5 N–H and O–H groups in total. The van der Waals surface area contributed by atoms with Crippen molar-refractivity contribution < 1.29 is 24.2 Å². The van der Waals surface area contributed by atoms with Crippen LogP contribution in [0.15, 0.2) is 65.4 Å². The fourth-order valence-electron chi connectivity index (χ4n) is 4.65. The lowest BCUT2D eigenvalue weighted by atomic mass is 9.90. The molecule has 5 aromatic rings. The van der Waals surface area contributed by atoms with Crippen molar-refractivity contribution in [2.75, 3.05) is 13.1 Å². The molecule has 0 amide bonds. The van der Waals surface area contributed by atoms with Gasteiger partial charge in [-0.05, 0) is 41.8 Å². The summed E-state index contributed by atoms with van der Waals surface area (Å²) in [6.45, 7) is 2.71. The van der Waals surface area contributed by atoms with E-state index >= 15 is 0 Å². The molecule has 8 nitrogen and oxygen atoms in total. The monoisotopic (exact) mass is 565 g/mol. The fraction of sp³-hybridized carbons (Fsp3) is 0.172. The number of phenols is 1. The number of carboxylic acid groups (broad SMARTS) is 1. The summed E-state index contributed by atoms with van der Waals surface area (Å²) in [4.78, 5) is 16.5. The fourth-order valence-corrected chi connectivity index (χ4v) is 5.18. The van der Waals surface area contributed by atoms with Gasteiger partial charge < -0.3 is 30.4 Å². The number of nitrogens with one attached hydrogen (secondary N) is 1. The molecule has 0 aliphatic carbocycles. The summed E-state index contributed by atoms with van der Waals surface area (Å²) in [5.41, 5.74) is 8.73. The van der Waals surface area contributed by atoms with Crippen LogP contribution in [0.4, 0.5) is 0 Å². The molecule has 3 aromatic carbocycles. The van der Waals surface area contributed by atoms with Gasteiger partial charge in [0, 0.05) is 57.1 Å². The lowest BCUT2D eigenvalue weighted by molar-refractivity contribution is 0.0698. The van der Waals surface area contributed by atoms with Crippen molar-refractivity contribution in [3.63, 3.8) is 0 Å². The van der Waals surface area contributed by atoms with Gasteiger partial charge in [-0.25, -0.2) is 9.78 Å². The van der Waals surface area contributed by atoms with Crippen molar-refractivity contribution in [3.05, 3.63) is 98.9 Å². The third kappa shape index (κ3) is 5.12. The van der Waals surface area contributed by atoms with Crippen LogP contribution in [-0.4, -0.2) is 34.3 Å². The molecule has 10 heteroatoms. The summed E-state index contributed by atoms with van der Waals surface area (Å²) in [5.74, 6) is -0.904. The smallest absolute Gasteiger partial charge is 0.339 e. The van der Waals surface area contributed by atoms with E-state index in [0.717, 1.165) is 11.1 Å². The molecule has 0 aliphatic heterocycles. The minimum absolute atomic E-state index is 0.0558. The molecule has 0 bridgehead atoms. The highest BCUT2D eigenvalue weighted by Gasteiger charge is 2.28. The van der Waals surface area contributed by atoms with Crippen molar-refractivity contribution in [2.24, 2.45) is 5.73 Å². The van der Waals surface area contributed by atoms with Crippen LogP contribution in [0.1, 0.15) is 38.7 Å². The topological polar surface area (TPSA) is 131 Å². The summed E-state index contributed by atoms with van der Waals surface area (Å²) in [5, 5.41) is 27.3. The summed E-state index contributed by atoms with van der Waals surface area (Å²) in [6.07, 6.45) is 2.78. The summed E-state index contributed by atoms with van der Waals surface area (Å²) in [7, 11) is 0. The van der Waals surface area contributed by atoms with Gasteiger partial charge >= 0.3 is 5.97 Å². The highest BCUT2D eigenvalue weighted by Crippen LogP contribution is 2.44. The Labute approximate surface area is 233 Å². The van der Waals surface area contributed by atoms with Gasteiger partial charge in [0.05, 0.1) is 6.04 Å². The molecule has 0 spiro atoms. The number of aromatic hydroxyl groups is 1. The highest BCUT2D eigenvalue weighted by atomic mass is 35.5. The van der Waals surface area contributed by atoms with Crippen LogP contribution in [-0.2, 0) is 6.61 Å². The van der Waals surface area contributed by atoms with E-state index in [2.05, 4.69) is 10.3 Å². The first-order chi connectivity index (χ1) is 18.8. The third-order valence-electron chi connectivity index (χ3n) is 6.57. The lowest BCUT2D eigenvalue weighted by Crippen LogP contribution is -2.28. The number of carboxylic acids is 1. The first-order valence-electron chi connectivity index (χ1n) is 12.1. The standard InChI is InChI=1S/C29H25Cl2N3O5/c1-15-21(30)10-16(11-22(15)31)13-38-23-12-17(6-8-33-23)26(34-9-7-32)25-24-20(29(36)37)14-39-28(24)19-5-3-2-4-18(19)27(25)35/h2-6,8,10-12,14,26,34-35H,7,9,13,32H2,1H3,(H,36,37). The normalized spacial score (nSPS) is 12.2. The molecule has 2 aromatic heterocycles. The molecule has 2 heterocycles. The van der Waals surface area contributed by atoms with E-state index in [1.54, 1.807) is 54.7 Å². The van der Waals surface area contributed by atoms with Crippen LogP contribution in [0.25, 0.3) is 21.7 Å². The average molecular weight is 566 g/mol. The van der Waals surface area contributed by atoms with Gasteiger partial charge in [0.1, 0.15) is 29.8 Å². The Balaban J connectivity index is 1.61. The maximum absolute atomic E-state index is 12.2. The number of aromatic carboxylic acids is 1. The number of phenolic OH excluding ortho intramolecular Hbond substituents is 1. The number of hydrogen-bond acceptors (Lipinski definition) is 7. The quantitative estimate of drug-likeness (QED) is 0.166. The molecule has 39 heavy (non-hydrogen) atoms. The van der Waals surface area contributed by atoms with Crippen LogP contribution in [0.3, 0.4) is 0 Å². The maximum Gasteiger partial charge on any atom is 0.339 e. The third-order valence-corrected chi connectivity index (χ3v) is 7.36. The van der Waals surface area contributed by atoms with Crippen LogP contribution < -0.4 is 15.8 Å². The largest absolute Gasteiger partial charge is 0.507 e. The molecular formula is C29H25Cl2N3O5. The molecule has 5 rings (SSSR count). The van der Waals surface area contributed by atoms with Crippen molar-refractivity contribution in [1.29, 1.82) is 0 Å². The second-order valence-electron chi connectivity index (χ2n) is 9.04. The van der Waals surface area contributed by atoms with Gasteiger partial charge in [-0.15, -0.1) is 0 Å². The predicted molar refractivity (Wildman–Crippen MR) is 151 cm³/mol. The Bertz CT molecular complexity index is 1680. The Hall–Kier alpha value is -3.82. The summed E-state index contributed by atoms with van der Waals surface area (Å²) >= 11 is 12.5. The predicted octanol–water partition coefficient (Wildman–Crippen LogP) is 6.22. The van der Waals surface area contributed by atoms with E-state index in [0.29, 0.717) is 61.9 Å². The van der Waals surface area contributed by atoms with Crippen molar-refractivity contribution in [2.45, 2.75) is 19.6 Å². The van der Waals surface area contributed by atoms with Crippen LogP contribution in [0.5, 0.6) is 11.6 Å². The molecule has 1 unspecified atom stereocenters. The zero-order chi connectivity index (χ0) is 27.7. The SMILES string of the molecule is Cc1c(Cl)cc(COc2cc(C(NCCN)c3c(O)c4ccccc4c4occ(C(=O)O)c34)ccn2)cc1Cl. The summed E-state index contributed by atoms with van der Waals surface area (Å²) in [6, 6.07) is 13.5. The number of nitrogens with two attached hydrogens (primary N) is 1. The van der Waals surface area contributed by atoms with Gasteiger partial charge in [-0.3, -0.25) is 0 Å². The van der Waals surface area contributed by atoms with Crippen LogP contribution in [0.2, 0.25) is 10.0 Å². The van der Waals surface area contributed by atoms with Crippen molar-refractivity contribution in [3.8, 4) is 11.6 Å². The lowest BCUT2D eigenvalue weighted by Gasteiger charge is -2.23. The number of aromatic nitrogens is 1. The molecule has 200 valence electrons. The zero-order valence-corrected chi connectivity index (χ0v) is 22.4. The van der Waals surface area contributed by atoms with E-state index in [9.17, 15) is 15.0 Å². The minimum atomic E-state index is -1.17. The van der Waals surface area contributed by atoms with Gasteiger partial charge in [-0.1, -0.05) is 47.5 Å². The number of nitrogens with zero attached hydrogens (tertiary/aromatic N) is 1. The number of hydrogen-bond donors (Lipinski definition) is 4. The van der Waals surface area contributed by atoms with Crippen LogP contribution >= 0.6 is 23.2 Å². The molecule has 0 radical (unpaired) electrons. The van der Waals surface area contributed by atoms with Crippen LogP contribution in [0, 0.1) is 6.92 Å². The Morgan fingerprint density at radius 2 is 1.87 bits per heavy atom. The first kappa shape index (κ1) is 26.8. The van der Waals surface area contributed by atoms with Gasteiger partial charge in [-0.2, -0.15) is 0 Å². The second kappa shape index (κ2) is 11.1. The molecule has 0 aliphatic rings. The molecule has 1 atom stereocenters. The van der Waals surface area contributed by atoms with Gasteiger partial charge in [0.25, 0.3) is 0 Å². The van der Waals surface area contributed by atoms with E-state index in [1.165, 1.54) is 6.26 Å². The Morgan fingerprint density at radius 3 is 2.56 bits per heavy atom.